The van der Waals surface area contributed by atoms with E-state index in [-0.39, 0.29) is 11.8 Å². The van der Waals surface area contributed by atoms with Gasteiger partial charge in [0.2, 0.25) is 0 Å². The van der Waals surface area contributed by atoms with Gasteiger partial charge in [0.15, 0.2) is 0 Å². The summed E-state index contributed by atoms with van der Waals surface area (Å²) in [5.41, 5.74) is 3.62. The molecule has 0 aromatic heterocycles. The third-order valence-electron chi connectivity index (χ3n) is 4.31. The molecule has 0 aliphatic heterocycles. The van der Waals surface area contributed by atoms with Gasteiger partial charge in [-0.1, -0.05) is 6.07 Å². The summed E-state index contributed by atoms with van der Waals surface area (Å²) in [4.78, 5) is 26.6. The van der Waals surface area contributed by atoms with Crippen LogP contribution in [0.4, 0.5) is 11.4 Å². The fourth-order valence-corrected chi connectivity index (χ4v) is 2.76. The van der Waals surface area contributed by atoms with Crippen molar-refractivity contribution in [3.8, 4) is 0 Å². The van der Waals surface area contributed by atoms with Gasteiger partial charge >= 0.3 is 0 Å². The molecule has 0 atom stereocenters. The quantitative estimate of drug-likeness (QED) is 0.847. The Morgan fingerprint density at radius 2 is 1.60 bits per heavy atom. The maximum Gasteiger partial charge on any atom is 0.255 e. The first kappa shape index (κ1) is 18.5. The van der Waals surface area contributed by atoms with Crippen molar-refractivity contribution in [2.45, 2.75) is 20.8 Å². The fourth-order valence-electron chi connectivity index (χ4n) is 2.76. The lowest BCUT2D eigenvalue weighted by molar-refractivity contribution is 0.0960. The fraction of sp³-hybridized carbons (Fsp3) is 0.300. The molecule has 0 bridgehead atoms. The monoisotopic (exact) mass is 339 g/mol. The molecule has 0 heterocycles. The molecule has 2 aromatic carbocycles. The SMILES string of the molecule is CCN(CC)c1ccc(C(=O)Nc2cccc(C(=O)NC)c2C)cc1. The molecule has 2 amide bonds. The van der Waals surface area contributed by atoms with E-state index in [1.54, 1.807) is 25.2 Å². The molecule has 2 rings (SSSR count). The van der Waals surface area contributed by atoms with Crippen molar-refractivity contribution < 1.29 is 9.59 Å². The predicted octanol–water partition coefficient (Wildman–Crippen LogP) is 3.45. The van der Waals surface area contributed by atoms with Crippen LogP contribution >= 0.6 is 0 Å². The van der Waals surface area contributed by atoms with Crippen LogP contribution in [0, 0.1) is 6.92 Å². The van der Waals surface area contributed by atoms with Crippen LogP contribution in [-0.4, -0.2) is 32.0 Å². The van der Waals surface area contributed by atoms with E-state index in [0.29, 0.717) is 16.8 Å². The average molecular weight is 339 g/mol. The summed E-state index contributed by atoms with van der Waals surface area (Å²) in [6, 6.07) is 12.8. The van der Waals surface area contributed by atoms with E-state index >= 15 is 0 Å². The van der Waals surface area contributed by atoms with Crippen LogP contribution in [0.5, 0.6) is 0 Å². The Morgan fingerprint density at radius 1 is 0.960 bits per heavy atom. The standard InChI is InChI=1S/C20H25N3O2/c1-5-23(6-2)16-12-10-15(11-13-16)19(24)22-18-9-7-8-17(14(18)3)20(25)21-4/h7-13H,5-6H2,1-4H3,(H,21,25)(H,22,24). The molecule has 0 unspecified atom stereocenters. The maximum atomic E-state index is 12.5. The Bertz CT molecular complexity index is 750. The Kier molecular flexibility index (Phi) is 6.17. The van der Waals surface area contributed by atoms with Gasteiger partial charge in [-0.05, 0) is 62.7 Å². The molecule has 0 aliphatic carbocycles. The number of nitrogens with zero attached hydrogens (tertiary/aromatic N) is 1. The van der Waals surface area contributed by atoms with Crippen LogP contribution in [-0.2, 0) is 0 Å². The average Bonchev–Trinajstić information content (AvgIpc) is 2.64. The lowest BCUT2D eigenvalue weighted by Gasteiger charge is -2.21. The van der Waals surface area contributed by atoms with Gasteiger partial charge in [-0.2, -0.15) is 0 Å². The lowest BCUT2D eigenvalue weighted by Crippen LogP contribution is -2.22. The summed E-state index contributed by atoms with van der Waals surface area (Å²) in [5.74, 6) is -0.361. The van der Waals surface area contributed by atoms with Crippen molar-refractivity contribution >= 4 is 23.2 Å². The van der Waals surface area contributed by atoms with E-state index in [0.717, 1.165) is 24.3 Å². The van der Waals surface area contributed by atoms with Gasteiger partial charge in [-0.15, -0.1) is 0 Å². The van der Waals surface area contributed by atoms with Gasteiger partial charge in [0.1, 0.15) is 0 Å². The van der Waals surface area contributed by atoms with Crippen LogP contribution < -0.4 is 15.5 Å². The summed E-state index contributed by atoms with van der Waals surface area (Å²) in [7, 11) is 1.59. The summed E-state index contributed by atoms with van der Waals surface area (Å²) in [6.45, 7) is 7.88. The predicted molar refractivity (Wildman–Crippen MR) is 103 cm³/mol. The van der Waals surface area contributed by atoms with Gasteiger partial charge < -0.3 is 15.5 Å². The molecule has 25 heavy (non-hydrogen) atoms. The second-order valence-corrected chi connectivity index (χ2v) is 5.73. The molecule has 5 heteroatoms. The minimum Gasteiger partial charge on any atom is -0.372 e. The Hall–Kier alpha value is -2.82. The molecule has 0 fully saturated rings. The van der Waals surface area contributed by atoms with Gasteiger partial charge in [0.05, 0.1) is 0 Å². The van der Waals surface area contributed by atoms with E-state index in [9.17, 15) is 9.59 Å². The van der Waals surface area contributed by atoms with Crippen molar-refractivity contribution in [2.24, 2.45) is 0 Å². The first-order valence-electron chi connectivity index (χ1n) is 8.49. The molecule has 0 saturated carbocycles. The third kappa shape index (κ3) is 4.18. The highest BCUT2D eigenvalue weighted by Crippen LogP contribution is 2.21. The minimum atomic E-state index is -0.191. The van der Waals surface area contributed by atoms with E-state index in [1.807, 2.05) is 31.2 Å². The minimum absolute atomic E-state index is 0.169. The maximum absolute atomic E-state index is 12.5. The number of hydrogen-bond donors (Lipinski definition) is 2. The molecule has 0 radical (unpaired) electrons. The summed E-state index contributed by atoms with van der Waals surface area (Å²) in [5, 5.41) is 5.50. The molecule has 0 saturated heterocycles. The van der Waals surface area contributed by atoms with Crippen LogP contribution in [0.15, 0.2) is 42.5 Å². The highest BCUT2D eigenvalue weighted by atomic mass is 16.2. The number of rotatable bonds is 6. The number of anilines is 2. The summed E-state index contributed by atoms with van der Waals surface area (Å²) >= 11 is 0. The zero-order chi connectivity index (χ0) is 18.4. The van der Waals surface area contributed by atoms with Gasteiger partial charge in [0.25, 0.3) is 11.8 Å². The smallest absolute Gasteiger partial charge is 0.255 e. The molecule has 2 aromatic rings. The Balaban J connectivity index is 2.19. The summed E-state index contributed by atoms with van der Waals surface area (Å²) < 4.78 is 0. The first-order valence-corrected chi connectivity index (χ1v) is 8.49. The lowest BCUT2D eigenvalue weighted by atomic mass is 10.1. The van der Waals surface area contributed by atoms with Gasteiger partial charge in [-0.3, -0.25) is 9.59 Å². The molecule has 5 nitrogen and oxygen atoms in total. The van der Waals surface area contributed by atoms with Crippen LogP contribution in [0.2, 0.25) is 0 Å². The van der Waals surface area contributed by atoms with Crippen molar-refractivity contribution in [2.75, 3.05) is 30.4 Å². The number of hydrogen-bond acceptors (Lipinski definition) is 3. The topological polar surface area (TPSA) is 61.4 Å². The molecule has 132 valence electrons. The van der Waals surface area contributed by atoms with E-state index in [4.69, 9.17) is 0 Å². The normalized spacial score (nSPS) is 10.2. The van der Waals surface area contributed by atoms with E-state index < -0.39 is 0 Å². The molecule has 0 aliphatic rings. The number of benzene rings is 2. The molecule has 0 spiro atoms. The van der Waals surface area contributed by atoms with E-state index in [1.165, 1.54) is 0 Å². The number of carbonyl (C=O) groups excluding carboxylic acids is 2. The zero-order valence-corrected chi connectivity index (χ0v) is 15.2. The van der Waals surface area contributed by atoms with E-state index in [2.05, 4.69) is 29.4 Å². The molecular weight excluding hydrogens is 314 g/mol. The number of nitrogens with one attached hydrogen (secondary N) is 2. The Morgan fingerprint density at radius 3 is 2.16 bits per heavy atom. The van der Waals surface area contributed by atoms with Gasteiger partial charge in [0, 0.05) is 42.6 Å². The Labute approximate surface area is 149 Å². The summed E-state index contributed by atoms with van der Waals surface area (Å²) in [6.07, 6.45) is 0. The number of amides is 2. The van der Waals surface area contributed by atoms with Gasteiger partial charge in [-0.25, -0.2) is 0 Å². The second kappa shape index (κ2) is 8.33. The van der Waals surface area contributed by atoms with Crippen molar-refractivity contribution in [1.82, 2.24) is 5.32 Å². The number of carbonyl (C=O) groups is 2. The first-order chi connectivity index (χ1) is 12.0. The highest BCUT2D eigenvalue weighted by Gasteiger charge is 2.13. The molecular formula is C20H25N3O2. The molecule has 2 N–H and O–H groups in total. The van der Waals surface area contributed by atoms with Crippen molar-refractivity contribution in [3.05, 3.63) is 59.2 Å². The van der Waals surface area contributed by atoms with Crippen molar-refractivity contribution in [1.29, 1.82) is 0 Å². The van der Waals surface area contributed by atoms with Crippen LogP contribution in [0.3, 0.4) is 0 Å². The van der Waals surface area contributed by atoms with Crippen molar-refractivity contribution in [3.63, 3.8) is 0 Å². The largest absolute Gasteiger partial charge is 0.372 e. The second-order valence-electron chi connectivity index (χ2n) is 5.73. The van der Waals surface area contributed by atoms with Crippen LogP contribution in [0.1, 0.15) is 40.1 Å². The highest BCUT2D eigenvalue weighted by molar-refractivity contribution is 6.06. The third-order valence-corrected chi connectivity index (χ3v) is 4.31. The van der Waals surface area contributed by atoms with Crippen LogP contribution in [0.25, 0.3) is 0 Å². The zero-order valence-electron chi connectivity index (χ0n) is 15.2.